The van der Waals surface area contributed by atoms with E-state index in [1.165, 1.54) is 25.7 Å². The predicted molar refractivity (Wildman–Crippen MR) is 58.3 cm³/mol. The summed E-state index contributed by atoms with van der Waals surface area (Å²) in [4.78, 5) is 15.3. The van der Waals surface area contributed by atoms with E-state index in [1.54, 1.807) is 0 Å². The Bertz CT molecular complexity index is 135. The quantitative estimate of drug-likeness (QED) is 0.533. The van der Waals surface area contributed by atoms with E-state index >= 15 is 0 Å². The minimum absolute atomic E-state index is 0.0438. The van der Waals surface area contributed by atoms with E-state index in [1.807, 2.05) is 0 Å². The van der Waals surface area contributed by atoms with Crippen molar-refractivity contribution in [1.82, 2.24) is 0 Å². The van der Waals surface area contributed by atoms with Crippen LogP contribution in [0.1, 0.15) is 45.4 Å². The average Bonchev–Trinajstić information content (AvgIpc) is 2.02. The summed E-state index contributed by atoms with van der Waals surface area (Å²) in [5, 5.41) is 0. The van der Waals surface area contributed by atoms with Gasteiger partial charge in [-0.15, -0.1) is 0 Å². The Morgan fingerprint density at radius 1 is 1.15 bits per heavy atom. The SMILES string of the molecule is CCCCCCCC(=O)[O][SnH]([CH3])[CH3]. The maximum absolute atomic E-state index is 11.1. The number of hydrogen-bond donors (Lipinski definition) is 0. The predicted octanol–water partition coefficient (Wildman–Crippen LogP) is 2.87. The third kappa shape index (κ3) is 10.2. The Morgan fingerprint density at radius 3 is 2.31 bits per heavy atom. The Labute approximate surface area is 89.3 Å². The minimum atomic E-state index is -1.74. The third-order valence-corrected chi connectivity index (χ3v) is 3.95. The maximum atomic E-state index is 11.1. The second-order valence-electron chi connectivity index (χ2n) is 3.70. The summed E-state index contributed by atoms with van der Waals surface area (Å²) >= 11 is -1.74. The molecule has 0 fully saturated rings. The molecule has 0 saturated heterocycles. The summed E-state index contributed by atoms with van der Waals surface area (Å²) in [5.74, 6) is 0.0438. The summed E-state index contributed by atoms with van der Waals surface area (Å²) in [6, 6.07) is 0. The molecule has 78 valence electrons. The summed E-state index contributed by atoms with van der Waals surface area (Å²) in [5.41, 5.74) is 0. The summed E-state index contributed by atoms with van der Waals surface area (Å²) in [7, 11) is 0. The Hall–Kier alpha value is 0.269. The average molecular weight is 293 g/mol. The topological polar surface area (TPSA) is 26.3 Å². The molecule has 0 aliphatic carbocycles. The number of unbranched alkanes of at least 4 members (excludes halogenated alkanes) is 4. The third-order valence-electron chi connectivity index (χ3n) is 1.85. The van der Waals surface area contributed by atoms with Crippen LogP contribution in [0.25, 0.3) is 0 Å². The summed E-state index contributed by atoms with van der Waals surface area (Å²) in [6.45, 7) is 2.20. The molecule has 3 heteroatoms. The van der Waals surface area contributed by atoms with Crippen LogP contribution in [0.2, 0.25) is 9.88 Å². The zero-order chi connectivity index (χ0) is 10.1. The number of carbonyl (C=O) groups is 1. The first-order valence-electron chi connectivity index (χ1n) is 5.36. The van der Waals surface area contributed by atoms with Crippen molar-refractivity contribution in [3.05, 3.63) is 0 Å². The molecule has 0 aromatic rings. The molecule has 0 heterocycles. The van der Waals surface area contributed by atoms with Crippen molar-refractivity contribution in [2.24, 2.45) is 0 Å². The molecule has 0 amide bonds. The first-order chi connectivity index (χ1) is 6.16. The van der Waals surface area contributed by atoms with Crippen molar-refractivity contribution in [3.63, 3.8) is 0 Å². The van der Waals surface area contributed by atoms with Gasteiger partial charge in [0.1, 0.15) is 0 Å². The molecule has 2 nitrogen and oxygen atoms in total. The van der Waals surface area contributed by atoms with Gasteiger partial charge in [-0.25, -0.2) is 0 Å². The molecule has 0 bridgehead atoms. The zero-order valence-electron chi connectivity index (χ0n) is 9.14. The van der Waals surface area contributed by atoms with E-state index in [9.17, 15) is 4.79 Å². The van der Waals surface area contributed by atoms with Gasteiger partial charge >= 0.3 is 89.3 Å². The van der Waals surface area contributed by atoms with Gasteiger partial charge < -0.3 is 0 Å². The number of rotatable bonds is 7. The molecule has 0 spiro atoms. The molecular formula is C10H22O2Sn. The Balaban J connectivity index is 3.17. The van der Waals surface area contributed by atoms with Crippen LogP contribution in [0.5, 0.6) is 0 Å². The molecule has 0 aromatic carbocycles. The van der Waals surface area contributed by atoms with Crippen molar-refractivity contribution in [1.29, 1.82) is 0 Å². The van der Waals surface area contributed by atoms with Gasteiger partial charge in [0.25, 0.3) is 0 Å². The van der Waals surface area contributed by atoms with Gasteiger partial charge in [0.05, 0.1) is 0 Å². The Morgan fingerprint density at radius 2 is 1.77 bits per heavy atom. The van der Waals surface area contributed by atoms with E-state index in [2.05, 4.69) is 16.8 Å². The van der Waals surface area contributed by atoms with Gasteiger partial charge in [-0.3, -0.25) is 0 Å². The second kappa shape index (κ2) is 8.85. The fourth-order valence-electron chi connectivity index (χ4n) is 1.19. The van der Waals surface area contributed by atoms with Crippen LogP contribution < -0.4 is 0 Å². The van der Waals surface area contributed by atoms with Crippen LogP contribution in [0, 0.1) is 0 Å². The molecule has 0 rings (SSSR count). The monoisotopic (exact) mass is 294 g/mol. The Kier molecular flexibility index (Phi) is 9.03. The first-order valence-corrected chi connectivity index (χ1v) is 13.3. The summed E-state index contributed by atoms with van der Waals surface area (Å²) in [6.07, 6.45) is 6.63. The van der Waals surface area contributed by atoms with Gasteiger partial charge in [-0.2, -0.15) is 0 Å². The number of carbonyl (C=O) groups excluding carboxylic acids is 1. The second-order valence-corrected chi connectivity index (χ2v) is 10.4. The molecule has 0 aliphatic rings. The normalized spacial score (nSPS) is 10.5. The first kappa shape index (κ1) is 13.3. The van der Waals surface area contributed by atoms with Crippen molar-refractivity contribution in [2.75, 3.05) is 0 Å². The molecular weight excluding hydrogens is 271 g/mol. The molecule has 0 N–H and O–H groups in total. The van der Waals surface area contributed by atoms with E-state index in [0.29, 0.717) is 6.42 Å². The van der Waals surface area contributed by atoms with Gasteiger partial charge in [-0.05, 0) is 0 Å². The van der Waals surface area contributed by atoms with Gasteiger partial charge in [0.2, 0.25) is 0 Å². The fraction of sp³-hybridized carbons (Fsp3) is 0.900. The fourth-order valence-corrected chi connectivity index (χ4v) is 3.03. The summed E-state index contributed by atoms with van der Waals surface area (Å²) < 4.78 is 5.23. The van der Waals surface area contributed by atoms with Gasteiger partial charge in [-0.1, -0.05) is 0 Å². The van der Waals surface area contributed by atoms with Crippen LogP contribution in [0.15, 0.2) is 0 Å². The standard InChI is InChI=1S/C8H16O2.2CH3.Sn.H/c1-2-3-4-5-6-7-8(9)10;;;;/h2-7H2,1H3,(H,9,10);2*1H3;;/q;;;+1;/p-1. The van der Waals surface area contributed by atoms with E-state index < -0.39 is 20.2 Å². The van der Waals surface area contributed by atoms with Crippen LogP contribution >= 0.6 is 0 Å². The molecule has 0 aromatic heterocycles. The van der Waals surface area contributed by atoms with Crippen molar-refractivity contribution < 1.29 is 7.87 Å². The van der Waals surface area contributed by atoms with Crippen molar-refractivity contribution in [3.8, 4) is 0 Å². The van der Waals surface area contributed by atoms with Crippen LogP contribution in [-0.4, -0.2) is 26.1 Å². The van der Waals surface area contributed by atoms with Crippen LogP contribution in [0.4, 0.5) is 0 Å². The van der Waals surface area contributed by atoms with Gasteiger partial charge in [0.15, 0.2) is 0 Å². The molecule has 0 aliphatic heterocycles. The van der Waals surface area contributed by atoms with Crippen LogP contribution in [-0.2, 0) is 7.87 Å². The molecule has 0 radical (unpaired) electrons. The van der Waals surface area contributed by atoms with E-state index in [0.717, 1.165) is 6.42 Å². The number of hydrogen-bond acceptors (Lipinski definition) is 2. The zero-order valence-corrected chi connectivity index (χ0v) is 12.4. The molecule has 0 saturated carbocycles. The van der Waals surface area contributed by atoms with E-state index in [-0.39, 0.29) is 5.97 Å². The van der Waals surface area contributed by atoms with E-state index in [4.69, 9.17) is 3.07 Å². The molecule has 0 unspecified atom stereocenters. The molecule has 0 atom stereocenters. The van der Waals surface area contributed by atoms with Gasteiger partial charge in [0, 0.05) is 0 Å². The van der Waals surface area contributed by atoms with Crippen molar-refractivity contribution >= 4 is 26.1 Å². The molecule has 13 heavy (non-hydrogen) atoms. The van der Waals surface area contributed by atoms with Crippen molar-refractivity contribution in [2.45, 2.75) is 55.3 Å². The van der Waals surface area contributed by atoms with Crippen LogP contribution in [0.3, 0.4) is 0 Å².